The van der Waals surface area contributed by atoms with Gasteiger partial charge in [0, 0.05) is 92.5 Å². The molecule has 2 aliphatic rings. The van der Waals surface area contributed by atoms with E-state index < -0.39 is 0 Å². The van der Waals surface area contributed by atoms with E-state index in [0.29, 0.717) is 26.2 Å². The number of para-hydroxylation sites is 1. The van der Waals surface area contributed by atoms with Crippen molar-refractivity contribution >= 4 is 89.5 Å². The average Bonchev–Trinajstić information content (AvgIpc) is 1.52. The molecule has 119 heavy (non-hydrogen) atoms. The fourth-order valence-corrected chi connectivity index (χ4v) is 19.4. The lowest BCUT2D eigenvalue weighted by atomic mass is 9.33. The van der Waals surface area contributed by atoms with Crippen LogP contribution in [0.4, 0.5) is 22.7 Å². The van der Waals surface area contributed by atoms with E-state index in [9.17, 15) is 0 Å². The van der Waals surface area contributed by atoms with Crippen molar-refractivity contribution in [2.24, 2.45) is 0 Å². The number of rotatable bonds is 21. The number of benzene rings is 15. The zero-order valence-electron chi connectivity index (χ0n) is 70.9. The first-order valence-corrected chi connectivity index (χ1v) is 43.6. The summed E-state index contributed by atoms with van der Waals surface area (Å²) < 4.78 is 5.22. The van der Waals surface area contributed by atoms with Crippen molar-refractivity contribution in [3.63, 3.8) is 0 Å². The molecule has 0 aliphatic carbocycles. The predicted octanol–water partition coefficient (Wildman–Crippen LogP) is 28.6. The van der Waals surface area contributed by atoms with Gasteiger partial charge >= 0.3 is 0 Å². The second kappa shape index (κ2) is 31.5. The van der Waals surface area contributed by atoms with Crippen LogP contribution in [0.2, 0.25) is 0 Å². The lowest BCUT2D eigenvalue weighted by Gasteiger charge is -2.45. The molecular weight excluding hydrogens is 1440 g/mol. The Morgan fingerprint density at radius 3 is 0.941 bits per heavy atom. The fraction of sp³-hybridized carbons (Fsp3) is 0.211. The maximum atomic E-state index is 2.82. The Kier molecular flexibility index (Phi) is 20.2. The van der Waals surface area contributed by atoms with E-state index in [2.05, 4.69) is 422 Å². The summed E-state index contributed by atoms with van der Waals surface area (Å²) in [6.45, 7) is 25.8. The molecule has 19 rings (SSSR count). The van der Waals surface area contributed by atoms with Gasteiger partial charge in [0.2, 0.25) is 0 Å². The Morgan fingerprint density at radius 2 is 0.571 bits per heavy atom. The van der Waals surface area contributed by atoms with Crippen LogP contribution in [0.1, 0.15) is 152 Å². The average molecular weight is 1540 g/mol. The molecule has 0 atom stereocenters. The Hall–Kier alpha value is -12.4. The van der Waals surface area contributed by atoms with Crippen LogP contribution >= 0.6 is 0 Å². The molecule has 0 amide bonds. The van der Waals surface area contributed by atoms with Gasteiger partial charge in [-0.3, -0.25) is 0 Å². The summed E-state index contributed by atoms with van der Waals surface area (Å²) in [5.74, 6) is 0. The topological polar surface area (TPSA) is 16.3 Å². The molecule has 0 saturated heterocycles. The first-order valence-electron chi connectivity index (χ1n) is 43.6. The maximum absolute atomic E-state index is 2.82. The highest BCUT2D eigenvalue weighted by molar-refractivity contribution is 7.00. The number of hydrogen-bond acceptors (Lipinski definition) is 2. The molecule has 586 valence electrons. The Labute approximate surface area is 705 Å². The summed E-state index contributed by atoms with van der Waals surface area (Å²) in [7, 11) is 0. The molecule has 4 heterocycles. The molecular formula is C114H107BN4. The van der Waals surface area contributed by atoms with Crippen LogP contribution < -0.4 is 26.2 Å². The lowest BCUT2D eigenvalue weighted by Crippen LogP contribution is -2.62. The summed E-state index contributed by atoms with van der Waals surface area (Å²) in [5.41, 5.74) is 39.0. The van der Waals surface area contributed by atoms with Crippen LogP contribution in [0.15, 0.2) is 334 Å². The number of hydrogen-bond donors (Lipinski definition) is 0. The number of aryl methyl sites for hydroxylation is 1. The first kappa shape index (κ1) is 76.5. The molecule has 0 fully saturated rings. The summed E-state index contributed by atoms with van der Waals surface area (Å²) >= 11 is 0. The van der Waals surface area contributed by atoms with Crippen LogP contribution in [0, 0.1) is 0 Å². The summed E-state index contributed by atoms with van der Waals surface area (Å²) in [6, 6.07) is 129. The fourth-order valence-electron chi connectivity index (χ4n) is 19.4. The van der Waals surface area contributed by atoms with Gasteiger partial charge in [0.05, 0.1) is 0 Å². The largest absolute Gasteiger partial charge is 0.338 e. The molecule has 5 heteroatoms. The number of nitrogens with zero attached hydrogens (tertiary/aromatic N) is 4. The highest BCUT2D eigenvalue weighted by Gasteiger charge is 2.44. The van der Waals surface area contributed by atoms with Gasteiger partial charge in [-0.05, 0) is 248 Å². The van der Waals surface area contributed by atoms with E-state index >= 15 is 0 Å². The molecule has 2 aromatic heterocycles. The van der Waals surface area contributed by atoms with Crippen LogP contribution in [-0.4, -0.2) is 15.8 Å². The molecule has 0 spiro atoms. The van der Waals surface area contributed by atoms with E-state index in [0.717, 1.165) is 12.8 Å². The maximum Gasteiger partial charge on any atom is 0.252 e. The molecule has 15 aromatic carbocycles. The third-order valence-corrected chi connectivity index (χ3v) is 25.9. The normalized spacial score (nSPS) is 12.8. The first-order chi connectivity index (χ1) is 57.9. The molecule has 0 bridgehead atoms. The molecule has 0 unspecified atom stereocenters. The summed E-state index contributed by atoms with van der Waals surface area (Å²) in [4.78, 5) is 5.63. The van der Waals surface area contributed by atoms with Gasteiger partial charge in [-0.2, -0.15) is 0 Å². The minimum absolute atomic E-state index is 0.00678. The zero-order chi connectivity index (χ0) is 81.3. The van der Waals surface area contributed by atoms with Crippen molar-refractivity contribution < 1.29 is 0 Å². The quantitative estimate of drug-likeness (QED) is 0.0527. The lowest BCUT2D eigenvalue weighted by molar-refractivity contribution is 0.590. The van der Waals surface area contributed by atoms with Crippen LogP contribution in [0.5, 0.6) is 0 Å². The molecule has 4 nitrogen and oxygen atoms in total. The van der Waals surface area contributed by atoms with Gasteiger partial charge in [-0.15, -0.1) is 0 Å². The van der Waals surface area contributed by atoms with Gasteiger partial charge in [-0.1, -0.05) is 344 Å². The van der Waals surface area contributed by atoms with Crippen molar-refractivity contribution in [2.45, 2.75) is 157 Å². The van der Waals surface area contributed by atoms with Gasteiger partial charge in [0.1, 0.15) is 0 Å². The van der Waals surface area contributed by atoms with E-state index in [-0.39, 0.29) is 23.0 Å². The van der Waals surface area contributed by atoms with Crippen molar-refractivity contribution in [3.8, 4) is 66.8 Å². The van der Waals surface area contributed by atoms with Gasteiger partial charge < -0.3 is 18.9 Å². The second-order valence-corrected chi connectivity index (χ2v) is 36.9. The number of aromatic nitrogens is 2. The molecule has 17 aromatic rings. The summed E-state index contributed by atoms with van der Waals surface area (Å²) in [5, 5.41) is 5.22. The van der Waals surface area contributed by atoms with E-state index in [1.54, 1.807) is 0 Å². The molecule has 0 N–H and O–H groups in total. The third kappa shape index (κ3) is 14.7. The molecule has 2 aliphatic heterocycles. The van der Waals surface area contributed by atoms with Gasteiger partial charge in [0.15, 0.2) is 0 Å². The van der Waals surface area contributed by atoms with Crippen molar-refractivity contribution in [1.29, 1.82) is 0 Å². The Bertz CT molecular complexity index is 6420. The van der Waals surface area contributed by atoms with Crippen molar-refractivity contribution in [1.82, 2.24) is 9.13 Å². The SMILES string of the molecule is CCCCCCCCc1cc2c3c(c1)N(Cc1c(-c4ccccc4)cc(-c4ccccc4)cc1-c1ccccc1)c1cc(Cn4c5ccc(C(C)(C)C)cc5c5cc(C(C)(C)C)ccc54)ccc1B3c1ccc(Cn3c4ccccc4c4cc(C(C)(C)C)ccc43)cc1N2Cc1c(-c2ccccc2)cc(-c2ccccc2)cc1-c1ccccc1. The number of unbranched alkanes of at least 4 members (excludes halogenated alkanes) is 5. The summed E-state index contributed by atoms with van der Waals surface area (Å²) in [6.07, 6.45) is 8.22. The van der Waals surface area contributed by atoms with Crippen molar-refractivity contribution in [3.05, 3.63) is 378 Å². The Morgan fingerprint density at radius 1 is 0.252 bits per heavy atom. The highest BCUT2D eigenvalue weighted by atomic mass is 15.2. The second-order valence-electron chi connectivity index (χ2n) is 36.9. The van der Waals surface area contributed by atoms with Crippen molar-refractivity contribution in [2.75, 3.05) is 9.80 Å². The third-order valence-electron chi connectivity index (χ3n) is 25.9. The smallest absolute Gasteiger partial charge is 0.252 e. The highest BCUT2D eigenvalue weighted by Crippen LogP contribution is 2.49. The van der Waals surface area contributed by atoms with E-state index in [4.69, 9.17) is 0 Å². The van der Waals surface area contributed by atoms with E-state index in [1.165, 1.54) is 226 Å². The standard InChI is InChI=1S/C114H107BN4/c1-11-12-13-14-15-22-37-77-62-109-111-110(63-77)119(76-100-94(84-46-31-20-32-47-84)68-87(81-40-25-17-26-41-81)69-95(100)85-48-33-21-34-49-85)108-65-79(74-117-105-60-55-89(113(5,6)7)71-97(105)98-72-90(114(8,9)10)56-61-106(98)117)53-58-102(108)115(111)101-57-52-78(73-116-103-51-36-35-50-91(103)96-70-88(112(2,3)4)54-59-104(96)116)64-107(101)118(109)75-99-92(82-42-27-18-28-43-82)66-86(80-38-23-16-24-39-80)67-93(99)83-44-29-19-30-45-83/h16-21,23-36,38-72H,11-15,22,37,73-76H2,1-10H3. The Balaban J connectivity index is 0.893. The monoisotopic (exact) mass is 1540 g/mol. The zero-order valence-corrected chi connectivity index (χ0v) is 70.9. The van der Waals surface area contributed by atoms with Crippen LogP contribution in [-0.2, 0) is 48.8 Å². The van der Waals surface area contributed by atoms with Crippen LogP contribution in [0.3, 0.4) is 0 Å². The number of anilines is 4. The van der Waals surface area contributed by atoms with Crippen LogP contribution in [0.25, 0.3) is 110 Å². The van der Waals surface area contributed by atoms with E-state index in [1.807, 2.05) is 0 Å². The van der Waals surface area contributed by atoms with Gasteiger partial charge in [0.25, 0.3) is 6.71 Å². The number of fused-ring (bicyclic) bond motifs is 10. The predicted molar refractivity (Wildman–Crippen MR) is 511 cm³/mol. The van der Waals surface area contributed by atoms with Gasteiger partial charge in [-0.25, -0.2) is 0 Å². The molecule has 0 saturated carbocycles. The minimum Gasteiger partial charge on any atom is -0.338 e. The minimum atomic E-state index is -0.141. The molecule has 0 radical (unpaired) electrons.